The highest BCUT2D eigenvalue weighted by molar-refractivity contribution is 9.09. The maximum absolute atomic E-state index is 11.6. The minimum atomic E-state index is -0.0132. The molecular formula is C14H18BrN5O2. The summed E-state index contributed by atoms with van der Waals surface area (Å²) in [7, 11) is 0. The van der Waals surface area contributed by atoms with Gasteiger partial charge in [0.1, 0.15) is 5.75 Å². The Morgan fingerprint density at radius 2 is 2.14 bits per heavy atom. The average Bonchev–Trinajstić information content (AvgIpc) is 3.00. The van der Waals surface area contributed by atoms with Crippen molar-refractivity contribution in [1.82, 2.24) is 25.5 Å². The molecule has 1 amide bonds. The van der Waals surface area contributed by atoms with Crippen molar-refractivity contribution >= 4 is 21.8 Å². The molecule has 0 saturated carbocycles. The van der Waals surface area contributed by atoms with E-state index in [4.69, 9.17) is 4.74 Å². The summed E-state index contributed by atoms with van der Waals surface area (Å²) in [6.07, 6.45) is 1.28. The Labute approximate surface area is 137 Å². The number of benzene rings is 1. The second-order valence-electron chi connectivity index (χ2n) is 4.50. The van der Waals surface area contributed by atoms with E-state index in [0.717, 1.165) is 23.2 Å². The largest absolute Gasteiger partial charge is 0.494 e. The van der Waals surface area contributed by atoms with Gasteiger partial charge in [0.25, 0.3) is 0 Å². The fourth-order valence-corrected chi connectivity index (χ4v) is 2.14. The number of nitrogens with zero attached hydrogens (tertiary/aromatic N) is 4. The summed E-state index contributed by atoms with van der Waals surface area (Å²) >= 11 is 3.30. The Hall–Kier alpha value is -1.96. The first-order valence-corrected chi connectivity index (χ1v) is 8.20. The van der Waals surface area contributed by atoms with Crippen LogP contribution in [0, 0.1) is 0 Å². The maximum atomic E-state index is 11.6. The number of rotatable bonds is 8. The smallest absolute Gasteiger partial charge is 0.220 e. The van der Waals surface area contributed by atoms with Gasteiger partial charge in [-0.25, -0.2) is 0 Å². The molecule has 0 aliphatic rings. The van der Waals surface area contributed by atoms with Crippen molar-refractivity contribution in [2.75, 3.05) is 11.9 Å². The molecule has 0 fully saturated rings. The minimum Gasteiger partial charge on any atom is -0.494 e. The third-order valence-electron chi connectivity index (χ3n) is 2.91. The minimum absolute atomic E-state index is 0.0132. The monoisotopic (exact) mass is 367 g/mol. The van der Waals surface area contributed by atoms with Crippen molar-refractivity contribution in [1.29, 1.82) is 0 Å². The van der Waals surface area contributed by atoms with Crippen LogP contribution in [0.2, 0.25) is 0 Å². The number of hydrogen-bond donors (Lipinski definition) is 1. The van der Waals surface area contributed by atoms with E-state index >= 15 is 0 Å². The summed E-state index contributed by atoms with van der Waals surface area (Å²) in [6, 6.07) is 7.47. The third-order valence-corrected chi connectivity index (χ3v) is 3.47. The Balaban J connectivity index is 2.01. The van der Waals surface area contributed by atoms with E-state index in [1.165, 1.54) is 0 Å². The fraction of sp³-hybridized carbons (Fsp3) is 0.429. The molecule has 2 aromatic rings. The predicted molar refractivity (Wildman–Crippen MR) is 85.2 cm³/mol. The number of carbonyl (C=O) groups excluding carboxylic acids is 1. The first-order valence-electron chi connectivity index (χ1n) is 7.07. The van der Waals surface area contributed by atoms with E-state index in [0.29, 0.717) is 25.4 Å². The number of amides is 1. The van der Waals surface area contributed by atoms with Crippen molar-refractivity contribution in [3.63, 3.8) is 0 Å². The number of alkyl halides is 1. The van der Waals surface area contributed by atoms with Crippen molar-refractivity contribution in [3.8, 4) is 11.4 Å². The third kappa shape index (κ3) is 4.52. The fourth-order valence-electron chi connectivity index (χ4n) is 1.86. The lowest BCUT2D eigenvalue weighted by atomic mass is 10.3. The number of aromatic nitrogens is 4. The topological polar surface area (TPSA) is 81.9 Å². The molecular weight excluding hydrogens is 350 g/mol. The summed E-state index contributed by atoms with van der Waals surface area (Å²) < 4.78 is 7.00. The first kappa shape index (κ1) is 16.4. The highest BCUT2D eigenvalue weighted by atomic mass is 79.9. The lowest BCUT2D eigenvalue weighted by molar-refractivity contribution is -0.121. The van der Waals surface area contributed by atoms with Crippen molar-refractivity contribution in [2.45, 2.75) is 26.3 Å². The normalized spacial score (nSPS) is 10.5. The second-order valence-corrected chi connectivity index (χ2v) is 5.30. The number of ether oxygens (including phenoxy) is 1. The van der Waals surface area contributed by atoms with Gasteiger partial charge < -0.3 is 10.1 Å². The van der Waals surface area contributed by atoms with Gasteiger partial charge in [-0.1, -0.05) is 15.9 Å². The van der Waals surface area contributed by atoms with Gasteiger partial charge in [0.05, 0.1) is 18.8 Å². The molecule has 118 valence electrons. The summed E-state index contributed by atoms with van der Waals surface area (Å²) in [5, 5.41) is 15.2. The van der Waals surface area contributed by atoms with E-state index in [9.17, 15) is 4.79 Å². The Kier molecular flexibility index (Phi) is 6.32. The lowest BCUT2D eigenvalue weighted by Gasteiger charge is -2.07. The molecule has 0 aliphatic carbocycles. The Bertz CT molecular complexity index is 600. The van der Waals surface area contributed by atoms with Crippen LogP contribution >= 0.6 is 15.9 Å². The maximum Gasteiger partial charge on any atom is 0.220 e. The second kappa shape index (κ2) is 8.47. The summed E-state index contributed by atoms with van der Waals surface area (Å²) in [4.78, 5) is 11.6. The van der Waals surface area contributed by atoms with Gasteiger partial charge in [0, 0.05) is 11.8 Å². The summed E-state index contributed by atoms with van der Waals surface area (Å²) in [6.45, 7) is 2.85. The molecule has 7 nitrogen and oxygen atoms in total. The van der Waals surface area contributed by atoms with Crippen LogP contribution in [0.5, 0.6) is 5.75 Å². The number of halogens is 1. The van der Waals surface area contributed by atoms with Gasteiger partial charge in [-0.2, -0.15) is 4.68 Å². The number of carbonyl (C=O) groups is 1. The van der Waals surface area contributed by atoms with Gasteiger partial charge in [0.15, 0.2) is 5.82 Å². The van der Waals surface area contributed by atoms with Crippen molar-refractivity contribution in [3.05, 3.63) is 30.1 Å². The van der Waals surface area contributed by atoms with Crippen LogP contribution < -0.4 is 10.1 Å². The van der Waals surface area contributed by atoms with Gasteiger partial charge in [0.2, 0.25) is 5.91 Å². The SMILES string of the molecule is CCOc1ccc(-n2nnnc2CNC(=O)CCCBr)cc1. The highest BCUT2D eigenvalue weighted by Gasteiger charge is 2.10. The molecule has 22 heavy (non-hydrogen) atoms. The van der Waals surface area contributed by atoms with Gasteiger partial charge in [-0.3, -0.25) is 4.79 Å². The lowest BCUT2D eigenvalue weighted by Crippen LogP contribution is -2.24. The van der Waals surface area contributed by atoms with Gasteiger partial charge in [-0.05, 0) is 48.0 Å². The molecule has 0 bridgehead atoms. The quantitative estimate of drug-likeness (QED) is 0.720. The van der Waals surface area contributed by atoms with Crippen LogP contribution in [0.1, 0.15) is 25.6 Å². The molecule has 1 N–H and O–H groups in total. The molecule has 1 aromatic carbocycles. The van der Waals surface area contributed by atoms with Crippen molar-refractivity contribution in [2.24, 2.45) is 0 Å². The number of hydrogen-bond acceptors (Lipinski definition) is 5. The van der Waals surface area contributed by atoms with Crippen LogP contribution in [0.15, 0.2) is 24.3 Å². The molecule has 1 heterocycles. The number of tetrazole rings is 1. The Morgan fingerprint density at radius 3 is 2.82 bits per heavy atom. The van der Waals surface area contributed by atoms with Gasteiger partial charge in [-0.15, -0.1) is 5.10 Å². The average molecular weight is 368 g/mol. The van der Waals surface area contributed by atoms with Gasteiger partial charge >= 0.3 is 0 Å². The molecule has 0 atom stereocenters. The molecule has 0 radical (unpaired) electrons. The molecule has 0 saturated heterocycles. The summed E-state index contributed by atoms with van der Waals surface area (Å²) in [5.41, 5.74) is 0.818. The van der Waals surface area contributed by atoms with Crippen LogP contribution in [0.4, 0.5) is 0 Å². The zero-order valence-corrected chi connectivity index (χ0v) is 13.9. The predicted octanol–water partition coefficient (Wildman–Crippen LogP) is 1.85. The molecule has 0 unspecified atom stereocenters. The number of nitrogens with one attached hydrogen (secondary N) is 1. The van der Waals surface area contributed by atoms with Crippen LogP contribution in [0.25, 0.3) is 5.69 Å². The first-order chi connectivity index (χ1) is 10.7. The zero-order chi connectivity index (χ0) is 15.8. The Morgan fingerprint density at radius 1 is 1.36 bits per heavy atom. The zero-order valence-electron chi connectivity index (χ0n) is 12.3. The van der Waals surface area contributed by atoms with E-state index in [1.54, 1.807) is 4.68 Å². The summed E-state index contributed by atoms with van der Waals surface area (Å²) in [5.74, 6) is 1.36. The van der Waals surface area contributed by atoms with Crippen molar-refractivity contribution < 1.29 is 9.53 Å². The van der Waals surface area contributed by atoms with E-state index < -0.39 is 0 Å². The molecule has 8 heteroatoms. The molecule has 1 aromatic heterocycles. The van der Waals surface area contributed by atoms with E-state index in [-0.39, 0.29) is 5.91 Å². The van der Waals surface area contributed by atoms with Crippen LogP contribution in [-0.2, 0) is 11.3 Å². The van der Waals surface area contributed by atoms with Crippen LogP contribution in [-0.4, -0.2) is 38.1 Å². The highest BCUT2D eigenvalue weighted by Crippen LogP contribution is 2.15. The molecule has 0 aliphatic heterocycles. The van der Waals surface area contributed by atoms with Crippen LogP contribution in [0.3, 0.4) is 0 Å². The molecule has 2 rings (SSSR count). The standard InChI is InChI=1S/C14H18BrN5O2/c1-2-22-12-7-5-11(6-8-12)20-13(17-18-19-20)10-16-14(21)4-3-9-15/h5-8H,2-4,9-10H2,1H3,(H,16,21). The molecule has 0 spiro atoms. The van der Waals surface area contributed by atoms with E-state index in [1.807, 2.05) is 31.2 Å². The van der Waals surface area contributed by atoms with E-state index in [2.05, 4.69) is 36.8 Å².